The van der Waals surface area contributed by atoms with E-state index in [2.05, 4.69) is 5.32 Å². The van der Waals surface area contributed by atoms with E-state index in [1.165, 1.54) is 0 Å². The average Bonchev–Trinajstić information content (AvgIpc) is 2.36. The van der Waals surface area contributed by atoms with Crippen molar-refractivity contribution in [2.24, 2.45) is 5.41 Å². The van der Waals surface area contributed by atoms with Crippen LogP contribution in [0.5, 0.6) is 0 Å². The topological polar surface area (TPSA) is 58.6 Å². The summed E-state index contributed by atoms with van der Waals surface area (Å²) in [6.07, 6.45) is 0. The second-order valence-electron chi connectivity index (χ2n) is 5.57. The number of esters is 1. The highest BCUT2D eigenvalue weighted by Gasteiger charge is 2.31. The monoisotopic (exact) mass is 265 g/mol. The molecule has 0 fully saturated rings. The van der Waals surface area contributed by atoms with Crippen molar-refractivity contribution in [3.05, 3.63) is 35.9 Å². The number of carbonyl (C=O) groups is 1. The molecule has 1 rings (SSSR count). The zero-order chi connectivity index (χ0) is 14.3. The van der Waals surface area contributed by atoms with Gasteiger partial charge in [-0.15, -0.1) is 0 Å². The third kappa shape index (κ3) is 5.41. The molecule has 4 nitrogen and oxygen atoms in total. The Morgan fingerprint density at radius 1 is 1.32 bits per heavy atom. The van der Waals surface area contributed by atoms with Gasteiger partial charge < -0.3 is 15.2 Å². The molecule has 2 N–H and O–H groups in total. The van der Waals surface area contributed by atoms with Crippen LogP contribution >= 0.6 is 0 Å². The van der Waals surface area contributed by atoms with E-state index in [4.69, 9.17) is 9.84 Å². The van der Waals surface area contributed by atoms with Crippen molar-refractivity contribution in [1.82, 2.24) is 5.32 Å². The summed E-state index contributed by atoms with van der Waals surface area (Å²) in [5, 5.41) is 11.9. The van der Waals surface area contributed by atoms with E-state index in [1.54, 1.807) is 0 Å². The van der Waals surface area contributed by atoms with Crippen molar-refractivity contribution >= 4 is 5.97 Å². The molecule has 0 radical (unpaired) electrons. The summed E-state index contributed by atoms with van der Waals surface area (Å²) in [5.74, 6) is -0.287. The zero-order valence-electron chi connectivity index (χ0n) is 11.8. The van der Waals surface area contributed by atoms with Gasteiger partial charge in [-0.2, -0.15) is 0 Å². The summed E-state index contributed by atoms with van der Waals surface area (Å²) in [6, 6.07) is 9.15. The van der Waals surface area contributed by atoms with Crippen molar-refractivity contribution in [2.75, 3.05) is 13.2 Å². The molecule has 19 heavy (non-hydrogen) atoms. The molecule has 106 valence electrons. The molecule has 1 atom stereocenters. The number of rotatable bonds is 6. The van der Waals surface area contributed by atoms with Crippen LogP contribution in [0.25, 0.3) is 0 Å². The minimum atomic E-state index is -0.427. The number of hydrogen-bond donors (Lipinski definition) is 2. The number of aliphatic hydroxyl groups excluding tert-OH is 1. The van der Waals surface area contributed by atoms with Crippen LogP contribution in [-0.2, 0) is 16.1 Å². The van der Waals surface area contributed by atoms with Crippen molar-refractivity contribution in [3.8, 4) is 0 Å². The lowest BCUT2D eigenvalue weighted by Gasteiger charge is -2.29. The number of aliphatic hydroxyl groups is 1. The highest BCUT2D eigenvalue weighted by atomic mass is 16.5. The van der Waals surface area contributed by atoms with Gasteiger partial charge in [-0.3, -0.25) is 4.79 Å². The largest absolute Gasteiger partial charge is 0.460 e. The summed E-state index contributed by atoms with van der Waals surface area (Å²) in [5.41, 5.74) is 0.703. The highest BCUT2D eigenvalue weighted by molar-refractivity contribution is 5.76. The molecule has 1 aromatic carbocycles. The van der Waals surface area contributed by atoms with E-state index in [1.807, 2.05) is 51.1 Å². The molecule has 0 amide bonds. The van der Waals surface area contributed by atoms with Crippen molar-refractivity contribution in [3.63, 3.8) is 0 Å². The summed E-state index contributed by atoms with van der Waals surface area (Å²) < 4.78 is 5.33. The first-order valence-corrected chi connectivity index (χ1v) is 6.50. The lowest BCUT2D eigenvalue weighted by Crippen LogP contribution is -2.48. The van der Waals surface area contributed by atoms with Gasteiger partial charge in [-0.25, -0.2) is 0 Å². The van der Waals surface area contributed by atoms with Crippen LogP contribution in [0.1, 0.15) is 26.3 Å². The Morgan fingerprint density at radius 2 is 1.95 bits per heavy atom. The molecule has 0 bridgehead atoms. The summed E-state index contributed by atoms with van der Waals surface area (Å²) in [4.78, 5) is 12.1. The Balaban J connectivity index is 2.57. The number of benzene rings is 1. The van der Waals surface area contributed by atoms with Crippen LogP contribution in [0, 0.1) is 5.41 Å². The molecule has 0 saturated carbocycles. The average molecular weight is 265 g/mol. The Labute approximate surface area is 114 Å². The molecule has 0 heterocycles. The van der Waals surface area contributed by atoms with Gasteiger partial charge in [0.15, 0.2) is 0 Å². The van der Waals surface area contributed by atoms with Gasteiger partial charge in [0.2, 0.25) is 0 Å². The zero-order valence-corrected chi connectivity index (χ0v) is 11.8. The number of hydrogen-bond acceptors (Lipinski definition) is 4. The van der Waals surface area contributed by atoms with Crippen molar-refractivity contribution in [2.45, 2.75) is 33.4 Å². The van der Waals surface area contributed by atoms with Crippen LogP contribution in [0.4, 0.5) is 0 Å². The molecule has 0 saturated heterocycles. The third-order valence-electron chi connectivity index (χ3n) is 2.79. The molecular weight excluding hydrogens is 242 g/mol. The summed E-state index contributed by atoms with van der Waals surface area (Å²) in [7, 11) is 0. The van der Waals surface area contributed by atoms with Crippen molar-refractivity contribution < 1.29 is 14.6 Å². The van der Waals surface area contributed by atoms with Gasteiger partial charge in [-0.05, 0) is 11.0 Å². The van der Waals surface area contributed by atoms with E-state index >= 15 is 0 Å². The van der Waals surface area contributed by atoms with Crippen molar-refractivity contribution in [1.29, 1.82) is 0 Å². The predicted molar refractivity (Wildman–Crippen MR) is 74.6 cm³/mol. The minimum absolute atomic E-state index is 0.00144. The molecule has 0 aliphatic rings. The fourth-order valence-electron chi connectivity index (χ4n) is 1.76. The van der Waals surface area contributed by atoms with Crippen LogP contribution < -0.4 is 5.32 Å². The van der Waals surface area contributed by atoms with Gasteiger partial charge >= 0.3 is 5.97 Å². The first kappa shape index (κ1) is 15.7. The van der Waals surface area contributed by atoms with Gasteiger partial charge in [0.1, 0.15) is 12.6 Å². The molecule has 0 unspecified atom stereocenters. The molecule has 0 aliphatic heterocycles. The van der Waals surface area contributed by atoms with Gasteiger partial charge in [0.05, 0.1) is 6.61 Å². The number of ether oxygens (including phenoxy) is 1. The minimum Gasteiger partial charge on any atom is -0.460 e. The maximum atomic E-state index is 12.1. The molecule has 0 aromatic heterocycles. The van der Waals surface area contributed by atoms with E-state index < -0.39 is 6.04 Å². The van der Waals surface area contributed by atoms with Crippen LogP contribution in [0.15, 0.2) is 30.3 Å². The van der Waals surface area contributed by atoms with E-state index in [0.717, 1.165) is 5.56 Å². The third-order valence-corrected chi connectivity index (χ3v) is 2.79. The van der Waals surface area contributed by atoms with E-state index in [-0.39, 0.29) is 24.6 Å². The standard InChI is InChI=1S/C15H23NO3/c1-15(2,3)13(16-9-10-17)14(18)19-11-12-7-5-4-6-8-12/h4-8,13,16-17H,9-11H2,1-3H3/t13-/m1/s1. The highest BCUT2D eigenvalue weighted by Crippen LogP contribution is 2.20. The molecule has 0 aliphatic carbocycles. The quantitative estimate of drug-likeness (QED) is 0.769. The van der Waals surface area contributed by atoms with E-state index in [0.29, 0.717) is 6.54 Å². The Bertz CT molecular complexity index is 384. The predicted octanol–water partition coefficient (Wildman–Crippen LogP) is 1.73. The number of nitrogens with one attached hydrogen (secondary N) is 1. The molecule has 1 aromatic rings. The Kier molecular flexibility index (Phi) is 5.99. The fourth-order valence-corrected chi connectivity index (χ4v) is 1.76. The molecule has 4 heteroatoms. The van der Waals surface area contributed by atoms with E-state index in [9.17, 15) is 4.79 Å². The van der Waals surface area contributed by atoms with Crippen LogP contribution in [-0.4, -0.2) is 30.3 Å². The van der Waals surface area contributed by atoms with Crippen LogP contribution in [0.2, 0.25) is 0 Å². The molecular formula is C15H23NO3. The Hall–Kier alpha value is -1.39. The number of carbonyl (C=O) groups excluding carboxylic acids is 1. The summed E-state index contributed by atoms with van der Waals surface area (Å²) in [6.45, 7) is 6.54. The normalized spacial score (nSPS) is 13.1. The van der Waals surface area contributed by atoms with Gasteiger partial charge in [0.25, 0.3) is 0 Å². The Morgan fingerprint density at radius 3 is 2.47 bits per heavy atom. The molecule has 0 spiro atoms. The second kappa shape index (κ2) is 7.26. The maximum absolute atomic E-state index is 12.1. The van der Waals surface area contributed by atoms with Crippen LogP contribution in [0.3, 0.4) is 0 Å². The first-order chi connectivity index (χ1) is 8.95. The maximum Gasteiger partial charge on any atom is 0.324 e. The van der Waals surface area contributed by atoms with Gasteiger partial charge in [-0.1, -0.05) is 51.1 Å². The lowest BCUT2D eigenvalue weighted by molar-refractivity contribution is -0.150. The smallest absolute Gasteiger partial charge is 0.324 e. The lowest BCUT2D eigenvalue weighted by atomic mass is 9.87. The fraction of sp³-hybridized carbons (Fsp3) is 0.533. The van der Waals surface area contributed by atoms with Gasteiger partial charge in [0, 0.05) is 6.54 Å². The second-order valence-corrected chi connectivity index (χ2v) is 5.57. The first-order valence-electron chi connectivity index (χ1n) is 6.50. The SMILES string of the molecule is CC(C)(C)[C@H](NCCO)C(=O)OCc1ccccc1. The summed E-state index contributed by atoms with van der Waals surface area (Å²) >= 11 is 0.